The maximum atomic E-state index is 12.8. The highest BCUT2D eigenvalue weighted by Crippen LogP contribution is 2.38. The molecule has 95 heavy (non-hydrogen) atoms. The average Bonchev–Trinajstić information content (AvgIpc) is 0.773. The first kappa shape index (κ1) is 79.7. The van der Waals surface area contributed by atoms with Crippen LogP contribution in [-0.2, 0) is 75.9 Å². The minimum absolute atomic E-state index is 0.791. The van der Waals surface area contributed by atoms with E-state index in [-0.39, 0.29) is 0 Å². The van der Waals surface area contributed by atoms with Crippen LogP contribution in [0.5, 0.6) is 0 Å². The van der Waals surface area contributed by atoms with Crippen molar-refractivity contribution in [2.24, 2.45) is 0 Å². The summed E-state index contributed by atoms with van der Waals surface area (Å²) in [6, 6.07) is -3.55. The predicted molar refractivity (Wildman–Crippen MR) is 290 cm³/mol. The van der Waals surface area contributed by atoms with Gasteiger partial charge in [-0.3, -0.25) is 9.59 Å². The summed E-state index contributed by atoms with van der Waals surface area (Å²) in [7, 11) is 0. The Labute approximate surface area is 537 Å². The Morgan fingerprint density at radius 3 is 1.16 bits per heavy atom. The summed E-state index contributed by atoms with van der Waals surface area (Å²) in [6.45, 7) is -7.60. The molecule has 7 heterocycles. The van der Waals surface area contributed by atoms with Gasteiger partial charge < -0.3 is 205 Å². The van der Waals surface area contributed by atoms with Gasteiger partial charge in [0.25, 0.3) is 0 Å². The molecule has 7 rings (SSSR count). The molecule has 7 saturated heterocycles. The van der Waals surface area contributed by atoms with Crippen LogP contribution in [0.1, 0.15) is 13.8 Å². The molecule has 39 atom stereocenters. The molecule has 0 spiro atoms. The summed E-state index contributed by atoms with van der Waals surface area (Å²) < 4.78 is 81.3. The summed E-state index contributed by atoms with van der Waals surface area (Å²) in [6.07, 6.45) is -78.4. The first-order valence-corrected chi connectivity index (χ1v) is 30.1. The average molecular weight is 1400 g/mol. The second-order valence-electron chi connectivity index (χ2n) is 23.7. The zero-order valence-corrected chi connectivity index (χ0v) is 50.6. The summed E-state index contributed by atoms with van der Waals surface area (Å²) >= 11 is 0. The molecule has 7 aliphatic rings. The van der Waals surface area contributed by atoms with Crippen LogP contribution < -0.4 is 10.6 Å². The highest BCUT2D eigenvalue weighted by Gasteiger charge is 2.59. The molecular weight excluding hydrogens is 1310 g/mol. The molecule has 0 bridgehead atoms. The molecule has 0 radical (unpaired) electrons. The van der Waals surface area contributed by atoms with Crippen molar-refractivity contribution in [1.82, 2.24) is 10.6 Å². The topological polar surface area (TPSA) is 693 Å². The molecule has 0 saturated carbocycles. The third-order valence-corrected chi connectivity index (χ3v) is 17.1. The Morgan fingerprint density at radius 2 is 0.716 bits per heavy atom. The van der Waals surface area contributed by atoms with E-state index in [9.17, 15) is 137 Å². The standard InChI is InChI=1S/C52H90N2O41/c1-12(62)53-14(3-55)24(65)41(15(64)4-56)91-46-23(54-13(2)63)31(72)42(20(9-61)88-46)92-50-40(81)43(30(71)22(89-50)11-83-48-38(79)33(74)26(67)17(6-58)85-48)93-52-45(36(77)29(70)21(90-52)10-82-47-37(78)32(73)25(66)16(5-57)84-47)95-51-44(35(76)28(69)19(8-60)87-51)94-49-39(80)34(75)27(68)18(7-59)86-49/h14-52,55-61,64-81H,3-11H2,1-2H3,(H,53,62)(H,54,63)/t14-,15+,16+,17+,18+,19+,20+,21+,22+,23+,24+,25+,26+,27+,28+,29+,30+,31+,32-,33-,34-,35-,36-,37-,38-,39-,40-,41+,42+,43-,44-,45-,46-,47-,48-,49+,50-,51+,52+/m0/s1. The molecule has 7 fully saturated rings. The number of carbonyl (C=O) groups excluding carboxylic acids is 2. The van der Waals surface area contributed by atoms with Crippen molar-refractivity contribution in [3.05, 3.63) is 0 Å². The molecular formula is C52H90N2O41. The van der Waals surface area contributed by atoms with E-state index in [1.807, 2.05) is 0 Å². The van der Waals surface area contributed by atoms with Gasteiger partial charge in [-0.05, 0) is 0 Å². The maximum Gasteiger partial charge on any atom is 0.217 e. The van der Waals surface area contributed by atoms with Crippen molar-refractivity contribution >= 4 is 11.8 Å². The van der Waals surface area contributed by atoms with E-state index in [0.29, 0.717) is 0 Å². The van der Waals surface area contributed by atoms with Gasteiger partial charge in [-0.1, -0.05) is 0 Å². The van der Waals surface area contributed by atoms with Crippen LogP contribution in [0.2, 0.25) is 0 Å². The van der Waals surface area contributed by atoms with Gasteiger partial charge in [-0.2, -0.15) is 0 Å². The second kappa shape index (κ2) is 35.3. The largest absolute Gasteiger partial charge is 0.394 e. The predicted octanol–water partition coefficient (Wildman–Crippen LogP) is -18.5. The number of amides is 2. The van der Waals surface area contributed by atoms with Gasteiger partial charge in [0.05, 0.1) is 65.5 Å². The Balaban J connectivity index is 1.27. The van der Waals surface area contributed by atoms with Crippen molar-refractivity contribution in [2.45, 2.75) is 253 Å². The van der Waals surface area contributed by atoms with Crippen LogP contribution in [0.3, 0.4) is 0 Å². The molecule has 0 aromatic heterocycles. The number of aliphatic hydroxyl groups is 25. The van der Waals surface area contributed by atoms with E-state index in [1.54, 1.807) is 0 Å². The number of hydrogen-bond donors (Lipinski definition) is 27. The van der Waals surface area contributed by atoms with E-state index >= 15 is 0 Å². The zero-order valence-electron chi connectivity index (χ0n) is 50.6. The Bertz CT molecular complexity index is 2330. The van der Waals surface area contributed by atoms with Gasteiger partial charge in [0, 0.05) is 13.8 Å². The van der Waals surface area contributed by atoms with Crippen molar-refractivity contribution in [3.8, 4) is 0 Å². The van der Waals surface area contributed by atoms with Crippen LogP contribution in [0.15, 0.2) is 0 Å². The van der Waals surface area contributed by atoms with E-state index in [1.165, 1.54) is 0 Å². The van der Waals surface area contributed by atoms with Crippen molar-refractivity contribution in [1.29, 1.82) is 0 Å². The highest BCUT2D eigenvalue weighted by atomic mass is 16.8. The summed E-state index contributed by atoms with van der Waals surface area (Å²) in [4.78, 5) is 24.7. The number of ether oxygens (including phenoxy) is 14. The molecule has 0 aliphatic carbocycles. The third-order valence-electron chi connectivity index (χ3n) is 17.1. The Kier molecular flexibility index (Phi) is 29.6. The smallest absolute Gasteiger partial charge is 0.217 e. The minimum Gasteiger partial charge on any atom is -0.394 e. The Hall–Kier alpha value is -2.62. The SMILES string of the molecule is CC(=O)N[C@H]1[C@H](O[C@@H]([C@H](O)[C@H](CO)NC(C)=O)[C@H](O)CO)O[C@H](CO)[C@@H](O[C@@H]2O[C@H](CO[C@H]3O[C@H](CO)[C@@H](O)[C@H](O)[C@@H]3O)[C@@H](O)[C@H](O[C@H]3O[C@H](CO[C@H]4O[C@H](CO)[C@@H](O)[C@H](O)[C@@H]4O)[C@@H](O)[C@H](O)[C@@H]3O[C@H]3O[C@H](CO)[C@@H](O)[C@H](O)[C@@H]3O[C@H]3O[C@H](CO)[C@@H](O)[C@H](O)[C@@H]3O)[C@@H]2O)[C@@H]1O. The molecule has 0 aromatic rings. The van der Waals surface area contributed by atoms with E-state index in [0.717, 1.165) is 13.8 Å². The lowest BCUT2D eigenvalue weighted by Gasteiger charge is -2.51. The van der Waals surface area contributed by atoms with Gasteiger partial charge in [0.15, 0.2) is 44.0 Å². The monoisotopic (exact) mass is 1400 g/mol. The molecule has 27 N–H and O–H groups in total. The van der Waals surface area contributed by atoms with Gasteiger partial charge in [0.1, 0.15) is 189 Å². The highest BCUT2D eigenvalue weighted by molar-refractivity contribution is 5.73. The van der Waals surface area contributed by atoms with Gasteiger partial charge in [-0.15, -0.1) is 0 Å². The van der Waals surface area contributed by atoms with Gasteiger partial charge in [0.2, 0.25) is 11.8 Å². The quantitative estimate of drug-likeness (QED) is 0.0346. The molecule has 43 nitrogen and oxygen atoms in total. The molecule has 7 aliphatic heterocycles. The van der Waals surface area contributed by atoms with E-state index in [2.05, 4.69) is 10.6 Å². The van der Waals surface area contributed by atoms with E-state index < -0.39 is 311 Å². The fraction of sp³-hybridized carbons (Fsp3) is 0.962. The fourth-order valence-electron chi connectivity index (χ4n) is 11.6. The Morgan fingerprint density at radius 1 is 0.358 bits per heavy atom. The molecule has 43 heteroatoms. The first-order chi connectivity index (χ1) is 44.9. The lowest BCUT2D eigenvalue weighted by Crippen LogP contribution is -2.70. The molecule has 2 amide bonds. The second-order valence-corrected chi connectivity index (χ2v) is 23.7. The van der Waals surface area contributed by atoms with E-state index in [4.69, 9.17) is 66.3 Å². The number of carbonyl (C=O) groups is 2. The first-order valence-electron chi connectivity index (χ1n) is 30.1. The van der Waals surface area contributed by atoms with Gasteiger partial charge >= 0.3 is 0 Å². The molecule has 0 unspecified atom stereocenters. The van der Waals surface area contributed by atoms with Crippen LogP contribution in [0.4, 0.5) is 0 Å². The third kappa shape index (κ3) is 18.0. The fourth-order valence-corrected chi connectivity index (χ4v) is 11.6. The number of nitrogens with one attached hydrogen (secondary N) is 2. The number of hydrogen-bond acceptors (Lipinski definition) is 41. The number of rotatable bonds is 28. The molecule has 554 valence electrons. The number of aliphatic hydroxyl groups excluding tert-OH is 25. The zero-order chi connectivity index (χ0) is 70.3. The van der Waals surface area contributed by atoms with Gasteiger partial charge in [-0.25, -0.2) is 0 Å². The van der Waals surface area contributed by atoms with Crippen LogP contribution in [-0.4, -0.2) is 438 Å². The minimum atomic E-state index is -2.56. The summed E-state index contributed by atoms with van der Waals surface area (Å²) in [5, 5.41) is 276. The molecule has 0 aromatic carbocycles. The normalized spacial score (nSPS) is 47.3. The van der Waals surface area contributed by atoms with Crippen LogP contribution >= 0.6 is 0 Å². The lowest BCUT2D eigenvalue weighted by molar-refractivity contribution is -0.409. The summed E-state index contributed by atoms with van der Waals surface area (Å²) in [5.74, 6) is -1.74. The van der Waals surface area contributed by atoms with Crippen LogP contribution in [0.25, 0.3) is 0 Å². The summed E-state index contributed by atoms with van der Waals surface area (Å²) in [5.41, 5.74) is 0. The van der Waals surface area contributed by atoms with Crippen molar-refractivity contribution in [2.75, 3.05) is 59.5 Å². The maximum absolute atomic E-state index is 12.8. The lowest BCUT2D eigenvalue weighted by atomic mass is 9.94. The van der Waals surface area contributed by atoms with Crippen molar-refractivity contribution < 1.29 is 204 Å². The van der Waals surface area contributed by atoms with Crippen LogP contribution in [0, 0.1) is 0 Å². The van der Waals surface area contributed by atoms with Crippen molar-refractivity contribution in [3.63, 3.8) is 0 Å².